The Morgan fingerprint density at radius 2 is 2.46 bits per heavy atom. The maximum Gasteiger partial charge on any atom is 0.158 e. The van der Waals surface area contributed by atoms with Crippen molar-refractivity contribution in [2.24, 2.45) is 0 Å². The summed E-state index contributed by atoms with van der Waals surface area (Å²) in [6, 6.07) is 5.79. The number of pyridine rings is 1. The summed E-state index contributed by atoms with van der Waals surface area (Å²) in [5.74, 6) is 0. The van der Waals surface area contributed by atoms with Crippen LogP contribution in [-0.4, -0.2) is 16.7 Å². The molecule has 0 amide bonds. The molecule has 2 aromatic rings. The van der Waals surface area contributed by atoms with Crippen molar-refractivity contribution in [3.63, 3.8) is 0 Å². The molecule has 0 aliphatic heterocycles. The molecule has 64 valence electrons. The van der Waals surface area contributed by atoms with Crippen LogP contribution in [0.3, 0.4) is 0 Å². The Morgan fingerprint density at radius 3 is 3.15 bits per heavy atom. The maximum absolute atomic E-state index is 8.65. The second kappa shape index (κ2) is 2.79. The van der Waals surface area contributed by atoms with Crippen LogP contribution in [0.1, 0.15) is 5.56 Å². The van der Waals surface area contributed by atoms with E-state index in [1.807, 2.05) is 25.4 Å². The van der Waals surface area contributed by atoms with Gasteiger partial charge in [-0.25, -0.2) is 9.66 Å². The van der Waals surface area contributed by atoms with Gasteiger partial charge in [-0.1, -0.05) is 0 Å². The lowest BCUT2D eigenvalue weighted by molar-refractivity contribution is 0.956. The molecule has 4 nitrogen and oxygen atoms in total. The number of nitriles is 1. The van der Waals surface area contributed by atoms with Gasteiger partial charge in [0.05, 0.1) is 5.56 Å². The first-order valence-corrected chi connectivity index (χ1v) is 3.90. The Kier molecular flexibility index (Phi) is 1.64. The standard InChI is InChI=1S/C9H8N4/c1-11-13-3-2-8-4-7(5-10)6-12-9(8)13/h2-4,6,11H,1H3. The Bertz CT molecular complexity index is 478. The van der Waals surface area contributed by atoms with Crippen molar-refractivity contribution in [2.75, 3.05) is 12.5 Å². The van der Waals surface area contributed by atoms with Gasteiger partial charge in [0.15, 0.2) is 5.65 Å². The molecule has 0 saturated heterocycles. The van der Waals surface area contributed by atoms with E-state index in [1.54, 1.807) is 10.9 Å². The highest BCUT2D eigenvalue weighted by atomic mass is 15.4. The average Bonchev–Trinajstić information content (AvgIpc) is 2.59. The molecular formula is C9H8N4. The molecule has 0 aliphatic rings. The highest BCUT2D eigenvalue weighted by Gasteiger charge is 2.01. The van der Waals surface area contributed by atoms with Gasteiger partial charge in [0.1, 0.15) is 6.07 Å². The predicted octanol–water partition coefficient (Wildman–Crippen LogP) is 1.08. The molecule has 13 heavy (non-hydrogen) atoms. The Labute approximate surface area is 75.4 Å². The molecule has 0 unspecified atom stereocenters. The molecule has 0 bridgehead atoms. The summed E-state index contributed by atoms with van der Waals surface area (Å²) in [5, 5.41) is 9.61. The molecule has 0 aromatic carbocycles. The second-order valence-electron chi connectivity index (χ2n) is 2.66. The van der Waals surface area contributed by atoms with E-state index in [1.165, 1.54) is 0 Å². The van der Waals surface area contributed by atoms with Gasteiger partial charge in [0.2, 0.25) is 0 Å². The summed E-state index contributed by atoms with van der Waals surface area (Å²) < 4.78 is 1.80. The van der Waals surface area contributed by atoms with Gasteiger partial charge < -0.3 is 5.43 Å². The summed E-state index contributed by atoms with van der Waals surface area (Å²) in [7, 11) is 1.82. The molecule has 0 fully saturated rings. The van der Waals surface area contributed by atoms with E-state index in [4.69, 9.17) is 5.26 Å². The number of rotatable bonds is 1. The second-order valence-corrected chi connectivity index (χ2v) is 2.66. The van der Waals surface area contributed by atoms with Gasteiger partial charge in [0.25, 0.3) is 0 Å². The van der Waals surface area contributed by atoms with Crippen LogP contribution in [0.2, 0.25) is 0 Å². The molecule has 2 aromatic heterocycles. The van der Waals surface area contributed by atoms with Crippen LogP contribution in [0.5, 0.6) is 0 Å². The molecular weight excluding hydrogens is 164 g/mol. The molecule has 0 spiro atoms. The zero-order valence-electron chi connectivity index (χ0n) is 7.15. The Hall–Kier alpha value is -2.02. The van der Waals surface area contributed by atoms with E-state index in [-0.39, 0.29) is 0 Å². The number of hydrogen-bond donors (Lipinski definition) is 1. The zero-order chi connectivity index (χ0) is 9.26. The number of hydrogen-bond acceptors (Lipinski definition) is 3. The largest absolute Gasteiger partial charge is 0.328 e. The number of fused-ring (bicyclic) bond motifs is 1. The molecule has 0 aliphatic carbocycles. The van der Waals surface area contributed by atoms with Gasteiger partial charge in [-0.05, 0) is 12.1 Å². The van der Waals surface area contributed by atoms with Crippen molar-refractivity contribution in [3.8, 4) is 6.07 Å². The fourth-order valence-electron chi connectivity index (χ4n) is 1.27. The topological polar surface area (TPSA) is 53.6 Å². The summed E-state index contributed by atoms with van der Waals surface area (Å²) in [6.45, 7) is 0. The monoisotopic (exact) mass is 172 g/mol. The smallest absolute Gasteiger partial charge is 0.158 e. The van der Waals surface area contributed by atoms with Crippen LogP contribution in [0.25, 0.3) is 11.0 Å². The van der Waals surface area contributed by atoms with Crippen LogP contribution in [0, 0.1) is 11.3 Å². The summed E-state index contributed by atoms with van der Waals surface area (Å²) >= 11 is 0. The highest BCUT2D eigenvalue weighted by Crippen LogP contribution is 2.12. The third-order valence-corrected chi connectivity index (χ3v) is 1.90. The minimum absolute atomic E-state index is 0.585. The number of nitrogens with one attached hydrogen (secondary N) is 1. The van der Waals surface area contributed by atoms with Crippen molar-refractivity contribution in [3.05, 3.63) is 30.1 Å². The van der Waals surface area contributed by atoms with Crippen LogP contribution in [0.15, 0.2) is 24.5 Å². The first-order valence-electron chi connectivity index (χ1n) is 3.90. The Balaban J connectivity index is 2.70. The maximum atomic E-state index is 8.65. The van der Waals surface area contributed by atoms with E-state index < -0.39 is 0 Å². The van der Waals surface area contributed by atoms with Gasteiger partial charge in [-0.3, -0.25) is 0 Å². The van der Waals surface area contributed by atoms with Crippen molar-refractivity contribution in [2.45, 2.75) is 0 Å². The summed E-state index contributed by atoms with van der Waals surface area (Å²) in [5.41, 5.74) is 4.38. The SMILES string of the molecule is CNn1ccc2cc(C#N)cnc21. The third kappa shape index (κ3) is 1.11. The molecule has 1 N–H and O–H groups in total. The quantitative estimate of drug-likeness (QED) is 0.700. The van der Waals surface area contributed by atoms with Crippen LogP contribution in [-0.2, 0) is 0 Å². The first-order chi connectivity index (χ1) is 6.35. The van der Waals surface area contributed by atoms with Crippen molar-refractivity contribution < 1.29 is 0 Å². The first kappa shape index (κ1) is 7.62. The van der Waals surface area contributed by atoms with E-state index in [0.29, 0.717) is 5.56 Å². The van der Waals surface area contributed by atoms with Crippen molar-refractivity contribution in [1.29, 1.82) is 5.26 Å². The van der Waals surface area contributed by atoms with Crippen LogP contribution < -0.4 is 5.43 Å². The van der Waals surface area contributed by atoms with Gasteiger partial charge in [-0.15, -0.1) is 0 Å². The average molecular weight is 172 g/mol. The molecule has 4 heteroatoms. The molecule has 0 radical (unpaired) electrons. The van der Waals surface area contributed by atoms with E-state index in [9.17, 15) is 0 Å². The van der Waals surface area contributed by atoms with Crippen LogP contribution in [0.4, 0.5) is 0 Å². The van der Waals surface area contributed by atoms with Gasteiger partial charge >= 0.3 is 0 Å². The lowest BCUT2D eigenvalue weighted by Gasteiger charge is -2.00. The lowest BCUT2D eigenvalue weighted by Crippen LogP contribution is -2.07. The minimum Gasteiger partial charge on any atom is -0.328 e. The predicted molar refractivity (Wildman–Crippen MR) is 49.7 cm³/mol. The van der Waals surface area contributed by atoms with Gasteiger partial charge in [-0.2, -0.15) is 5.26 Å². The van der Waals surface area contributed by atoms with E-state index >= 15 is 0 Å². The minimum atomic E-state index is 0.585. The van der Waals surface area contributed by atoms with Crippen molar-refractivity contribution >= 4 is 11.0 Å². The summed E-state index contributed by atoms with van der Waals surface area (Å²) in [4.78, 5) is 4.16. The normalized spacial score (nSPS) is 9.85. The molecule has 0 saturated carbocycles. The highest BCUT2D eigenvalue weighted by molar-refractivity contribution is 5.77. The van der Waals surface area contributed by atoms with E-state index in [2.05, 4.69) is 16.5 Å². The van der Waals surface area contributed by atoms with Crippen LogP contribution >= 0.6 is 0 Å². The third-order valence-electron chi connectivity index (χ3n) is 1.90. The fraction of sp³-hybridized carbons (Fsp3) is 0.111. The molecule has 2 heterocycles. The molecule has 0 atom stereocenters. The summed E-state index contributed by atoms with van der Waals surface area (Å²) in [6.07, 6.45) is 3.44. The van der Waals surface area contributed by atoms with Crippen molar-refractivity contribution in [1.82, 2.24) is 9.66 Å². The Morgan fingerprint density at radius 1 is 1.62 bits per heavy atom. The van der Waals surface area contributed by atoms with E-state index in [0.717, 1.165) is 11.0 Å². The lowest BCUT2D eigenvalue weighted by atomic mass is 10.2. The number of aromatic nitrogens is 2. The molecule has 2 rings (SSSR count). The van der Waals surface area contributed by atoms with Gasteiger partial charge in [0, 0.05) is 24.8 Å². The number of nitrogens with zero attached hydrogens (tertiary/aromatic N) is 3. The zero-order valence-corrected chi connectivity index (χ0v) is 7.15. The fourth-order valence-corrected chi connectivity index (χ4v) is 1.27.